The molecule has 0 aromatic heterocycles. The summed E-state index contributed by atoms with van der Waals surface area (Å²) in [6.45, 7) is 5.20. The zero-order valence-electron chi connectivity index (χ0n) is 17.1. The summed E-state index contributed by atoms with van der Waals surface area (Å²) in [7, 11) is 4.12. The van der Waals surface area contributed by atoms with Gasteiger partial charge in [0, 0.05) is 6.54 Å². The fourth-order valence-corrected chi connectivity index (χ4v) is 2.28. The third kappa shape index (κ3) is 9.85. The van der Waals surface area contributed by atoms with E-state index in [-0.39, 0.29) is 24.4 Å². The van der Waals surface area contributed by atoms with Gasteiger partial charge in [0.25, 0.3) is 0 Å². The van der Waals surface area contributed by atoms with Crippen molar-refractivity contribution in [3.8, 4) is 0 Å². The van der Waals surface area contributed by atoms with Crippen LogP contribution in [-0.2, 0) is 9.53 Å². The van der Waals surface area contributed by atoms with Gasteiger partial charge in [-0.05, 0) is 31.1 Å². The van der Waals surface area contributed by atoms with Crippen LogP contribution >= 0.6 is 12.4 Å². The Bertz CT molecular complexity index is 612. The van der Waals surface area contributed by atoms with Crippen LogP contribution in [-0.4, -0.2) is 49.3 Å². The van der Waals surface area contributed by atoms with Gasteiger partial charge < -0.3 is 20.5 Å². The number of nitrogens with two attached hydrogens (primary N) is 1. The lowest BCUT2D eigenvalue weighted by atomic mass is 10.0. The standard InChI is InChI=1S/C17H21NO.C5H11NO2.ClH/c1-18(2)13-14-19-17(15-9-5-3-6-10-15)16-11-7-4-8-12-16;1-3(2)4(6)5(7)8;/h3-12,17H,13-14H2,1-2H3;3-4H,6H2,1-2H3,(H,7,8);1H/t;4-;/m.0./s1. The van der Waals surface area contributed by atoms with E-state index in [4.69, 9.17) is 15.6 Å². The lowest BCUT2D eigenvalue weighted by Gasteiger charge is -2.20. The second-order valence-electron chi connectivity index (χ2n) is 6.98. The van der Waals surface area contributed by atoms with Crippen molar-refractivity contribution < 1.29 is 14.6 Å². The number of nitrogens with zero attached hydrogens (tertiary/aromatic N) is 1. The molecule has 6 heteroatoms. The van der Waals surface area contributed by atoms with Crippen LogP contribution in [0.15, 0.2) is 60.7 Å². The zero-order chi connectivity index (χ0) is 20.2. The summed E-state index contributed by atoms with van der Waals surface area (Å²) in [4.78, 5) is 12.1. The van der Waals surface area contributed by atoms with Gasteiger partial charge in [0.05, 0.1) is 6.61 Å². The van der Waals surface area contributed by atoms with Crippen LogP contribution in [0, 0.1) is 5.92 Å². The molecule has 0 aliphatic carbocycles. The highest BCUT2D eigenvalue weighted by atomic mass is 35.5. The molecule has 2 aromatic carbocycles. The molecular formula is C22H33ClN2O3. The Morgan fingerprint density at radius 2 is 1.43 bits per heavy atom. The van der Waals surface area contributed by atoms with E-state index in [1.54, 1.807) is 13.8 Å². The molecule has 0 unspecified atom stereocenters. The average molecular weight is 409 g/mol. The maximum atomic E-state index is 10.0. The maximum absolute atomic E-state index is 10.0. The van der Waals surface area contributed by atoms with E-state index < -0.39 is 12.0 Å². The molecule has 5 nitrogen and oxygen atoms in total. The van der Waals surface area contributed by atoms with Crippen LogP contribution < -0.4 is 5.73 Å². The molecule has 3 N–H and O–H groups in total. The SMILES string of the molecule is CC(C)[C@H](N)C(=O)O.CN(C)CCOC(c1ccccc1)c1ccccc1.Cl. The number of likely N-dealkylation sites (N-methyl/N-ethyl adjacent to an activating group) is 1. The Morgan fingerprint density at radius 3 is 1.71 bits per heavy atom. The van der Waals surface area contributed by atoms with E-state index in [0.29, 0.717) is 0 Å². The molecule has 0 spiro atoms. The van der Waals surface area contributed by atoms with Crippen LogP contribution in [0.2, 0.25) is 0 Å². The minimum Gasteiger partial charge on any atom is -0.480 e. The minimum absolute atomic E-state index is 0. The molecule has 1 atom stereocenters. The number of carbonyl (C=O) groups is 1. The van der Waals surface area contributed by atoms with Gasteiger partial charge in [-0.1, -0.05) is 74.5 Å². The summed E-state index contributed by atoms with van der Waals surface area (Å²) in [5, 5.41) is 8.23. The number of aliphatic carboxylic acids is 1. The van der Waals surface area contributed by atoms with Crippen molar-refractivity contribution in [2.24, 2.45) is 11.7 Å². The number of carboxylic acid groups (broad SMARTS) is 1. The highest BCUT2D eigenvalue weighted by Crippen LogP contribution is 2.25. The number of halogens is 1. The third-order valence-electron chi connectivity index (χ3n) is 4.03. The van der Waals surface area contributed by atoms with E-state index in [1.165, 1.54) is 11.1 Å². The summed E-state index contributed by atoms with van der Waals surface area (Å²) in [6, 6.07) is 20.1. The van der Waals surface area contributed by atoms with Crippen LogP contribution in [0.4, 0.5) is 0 Å². The largest absolute Gasteiger partial charge is 0.480 e. The number of hydrogen-bond acceptors (Lipinski definition) is 4. The topological polar surface area (TPSA) is 75.8 Å². The summed E-state index contributed by atoms with van der Waals surface area (Å²) in [5.41, 5.74) is 7.56. The Hall–Kier alpha value is -1.92. The third-order valence-corrected chi connectivity index (χ3v) is 4.03. The van der Waals surface area contributed by atoms with Gasteiger partial charge in [0.2, 0.25) is 0 Å². The van der Waals surface area contributed by atoms with E-state index in [9.17, 15) is 4.79 Å². The van der Waals surface area contributed by atoms with Crippen molar-refractivity contribution in [3.05, 3.63) is 71.8 Å². The first-order valence-corrected chi connectivity index (χ1v) is 9.17. The van der Waals surface area contributed by atoms with E-state index >= 15 is 0 Å². The molecular weight excluding hydrogens is 376 g/mol. The lowest BCUT2D eigenvalue weighted by molar-refractivity contribution is -0.139. The first-order chi connectivity index (χ1) is 12.8. The highest BCUT2D eigenvalue weighted by Gasteiger charge is 2.15. The second-order valence-corrected chi connectivity index (χ2v) is 6.98. The van der Waals surface area contributed by atoms with Crippen molar-refractivity contribution in [2.75, 3.05) is 27.2 Å². The molecule has 0 bridgehead atoms. The normalized spacial score (nSPS) is 11.6. The zero-order valence-corrected chi connectivity index (χ0v) is 17.9. The van der Waals surface area contributed by atoms with Gasteiger partial charge in [-0.2, -0.15) is 0 Å². The molecule has 0 saturated carbocycles. The fourth-order valence-electron chi connectivity index (χ4n) is 2.28. The molecule has 156 valence electrons. The van der Waals surface area contributed by atoms with Crippen LogP contribution in [0.5, 0.6) is 0 Å². The van der Waals surface area contributed by atoms with Crippen LogP contribution in [0.25, 0.3) is 0 Å². The smallest absolute Gasteiger partial charge is 0.320 e. The molecule has 0 amide bonds. The molecule has 28 heavy (non-hydrogen) atoms. The van der Waals surface area contributed by atoms with Gasteiger partial charge in [-0.25, -0.2) is 0 Å². The second kappa shape index (κ2) is 14.1. The van der Waals surface area contributed by atoms with Gasteiger partial charge in [0.15, 0.2) is 0 Å². The molecule has 2 rings (SSSR count). The summed E-state index contributed by atoms with van der Waals surface area (Å²) in [6.07, 6.45) is 0.0161. The molecule has 0 fully saturated rings. The van der Waals surface area contributed by atoms with E-state index in [1.807, 2.05) is 12.1 Å². The number of rotatable bonds is 8. The first-order valence-electron chi connectivity index (χ1n) is 9.17. The molecule has 0 aliphatic heterocycles. The van der Waals surface area contributed by atoms with Crippen molar-refractivity contribution >= 4 is 18.4 Å². The molecule has 0 aliphatic rings. The van der Waals surface area contributed by atoms with Gasteiger partial charge in [0.1, 0.15) is 12.1 Å². The monoisotopic (exact) mass is 408 g/mol. The predicted octanol–water partition coefficient (Wildman–Crippen LogP) is 3.83. The van der Waals surface area contributed by atoms with E-state index in [2.05, 4.69) is 67.5 Å². The highest BCUT2D eigenvalue weighted by molar-refractivity contribution is 5.85. The summed E-state index contributed by atoms with van der Waals surface area (Å²) in [5.74, 6) is -0.910. The number of ether oxygens (including phenoxy) is 1. The van der Waals surface area contributed by atoms with Crippen molar-refractivity contribution in [1.29, 1.82) is 0 Å². The van der Waals surface area contributed by atoms with Crippen molar-refractivity contribution in [3.63, 3.8) is 0 Å². The van der Waals surface area contributed by atoms with Crippen molar-refractivity contribution in [2.45, 2.75) is 26.0 Å². The fraction of sp³-hybridized carbons (Fsp3) is 0.409. The Kier molecular flexibility index (Phi) is 13.2. The molecule has 0 radical (unpaired) electrons. The minimum atomic E-state index is -0.931. The van der Waals surface area contributed by atoms with Gasteiger partial charge >= 0.3 is 5.97 Å². The first kappa shape index (κ1) is 26.1. The number of benzene rings is 2. The van der Waals surface area contributed by atoms with Crippen molar-refractivity contribution in [1.82, 2.24) is 4.90 Å². The van der Waals surface area contributed by atoms with Gasteiger partial charge in [-0.15, -0.1) is 12.4 Å². The Labute approximate surface area is 174 Å². The lowest BCUT2D eigenvalue weighted by Crippen LogP contribution is -2.34. The van der Waals surface area contributed by atoms with Crippen LogP contribution in [0.1, 0.15) is 31.1 Å². The van der Waals surface area contributed by atoms with Crippen LogP contribution in [0.3, 0.4) is 0 Å². The predicted molar refractivity (Wildman–Crippen MR) is 117 cm³/mol. The quantitative estimate of drug-likeness (QED) is 0.694. The maximum Gasteiger partial charge on any atom is 0.320 e. The van der Waals surface area contributed by atoms with E-state index in [0.717, 1.165) is 13.2 Å². The number of carboxylic acids is 1. The Balaban J connectivity index is 0.000000694. The molecule has 0 heterocycles. The summed E-state index contributed by atoms with van der Waals surface area (Å²) < 4.78 is 6.08. The Morgan fingerprint density at radius 1 is 1.00 bits per heavy atom. The summed E-state index contributed by atoms with van der Waals surface area (Å²) >= 11 is 0. The molecule has 2 aromatic rings. The average Bonchev–Trinajstić information content (AvgIpc) is 2.66. The number of hydrogen-bond donors (Lipinski definition) is 2. The molecule has 0 saturated heterocycles. The van der Waals surface area contributed by atoms with Gasteiger partial charge in [-0.3, -0.25) is 4.79 Å².